The van der Waals surface area contributed by atoms with E-state index >= 15 is 0 Å². The summed E-state index contributed by atoms with van der Waals surface area (Å²) in [6, 6.07) is 0. The summed E-state index contributed by atoms with van der Waals surface area (Å²) in [6.45, 7) is 1.98. The summed E-state index contributed by atoms with van der Waals surface area (Å²) < 4.78 is 1.71. The first-order valence-electron chi connectivity index (χ1n) is 4.49. The third kappa shape index (κ3) is 1.58. The van der Waals surface area contributed by atoms with Crippen molar-refractivity contribution < 1.29 is 0 Å². The van der Waals surface area contributed by atoms with Gasteiger partial charge in [-0.1, -0.05) is 11.6 Å². The van der Waals surface area contributed by atoms with Gasteiger partial charge in [-0.25, -0.2) is 0 Å². The second kappa shape index (κ2) is 2.72. The number of hydrogen-bond acceptors (Lipinski definition) is 2. The van der Waals surface area contributed by atoms with E-state index in [1.165, 1.54) is 0 Å². The minimum atomic E-state index is 0.0113. The fourth-order valence-corrected chi connectivity index (χ4v) is 1.81. The van der Waals surface area contributed by atoms with Crippen LogP contribution in [-0.4, -0.2) is 15.3 Å². The van der Waals surface area contributed by atoms with Crippen molar-refractivity contribution in [3.63, 3.8) is 0 Å². The van der Waals surface area contributed by atoms with Crippen LogP contribution in [0.1, 0.15) is 24.1 Å². The average Bonchev–Trinajstić information content (AvgIpc) is 2.73. The second-order valence-corrected chi connectivity index (χ2v) is 4.38. The van der Waals surface area contributed by atoms with Crippen LogP contribution >= 0.6 is 11.6 Å². The summed E-state index contributed by atoms with van der Waals surface area (Å²) in [7, 11) is 1.86. The Morgan fingerprint density at radius 2 is 2.23 bits per heavy atom. The highest BCUT2D eigenvalue weighted by Crippen LogP contribution is 2.37. The van der Waals surface area contributed by atoms with Gasteiger partial charge in [-0.05, 0) is 26.2 Å². The Morgan fingerprint density at radius 3 is 2.62 bits per heavy atom. The molecule has 0 spiro atoms. The monoisotopic (exact) mass is 199 g/mol. The molecule has 1 saturated carbocycles. The molecule has 1 aromatic rings. The van der Waals surface area contributed by atoms with Crippen LogP contribution in [0.25, 0.3) is 0 Å². The number of rotatable bonds is 2. The van der Waals surface area contributed by atoms with Gasteiger partial charge in [0.1, 0.15) is 5.15 Å². The zero-order valence-electron chi connectivity index (χ0n) is 7.97. The van der Waals surface area contributed by atoms with Gasteiger partial charge < -0.3 is 5.73 Å². The van der Waals surface area contributed by atoms with Gasteiger partial charge >= 0.3 is 0 Å². The van der Waals surface area contributed by atoms with Gasteiger partial charge in [0.15, 0.2) is 0 Å². The number of hydrogen-bond donors (Lipinski definition) is 1. The smallest absolute Gasteiger partial charge is 0.130 e. The van der Waals surface area contributed by atoms with E-state index in [1.54, 1.807) is 4.68 Å². The summed E-state index contributed by atoms with van der Waals surface area (Å²) in [5.74, 6) is 0. The van der Waals surface area contributed by atoms with Gasteiger partial charge in [0.05, 0.1) is 5.69 Å². The molecule has 2 N–H and O–H groups in total. The largest absolute Gasteiger partial charge is 0.325 e. The average molecular weight is 200 g/mol. The maximum Gasteiger partial charge on any atom is 0.130 e. The normalized spacial score (nSPS) is 19.1. The predicted molar refractivity (Wildman–Crippen MR) is 52.8 cm³/mol. The number of aromatic nitrogens is 2. The standard InChI is InChI=1S/C9H14ClN3/c1-6-7(5-9(11)3-4-9)8(10)13(2)12-6/h3-5,11H2,1-2H3. The van der Waals surface area contributed by atoms with Crippen molar-refractivity contribution in [2.45, 2.75) is 31.7 Å². The first-order valence-corrected chi connectivity index (χ1v) is 4.86. The summed E-state index contributed by atoms with van der Waals surface area (Å²) in [4.78, 5) is 0. The number of nitrogens with two attached hydrogens (primary N) is 1. The van der Waals surface area contributed by atoms with Gasteiger partial charge in [-0.2, -0.15) is 5.10 Å². The third-order valence-corrected chi connectivity index (χ3v) is 3.16. The van der Waals surface area contributed by atoms with E-state index in [-0.39, 0.29) is 5.54 Å². The van der Waals surface area contributed by atoms with Gasteiger partial charge in [-0.15, -0.1) is 0 Å². The van der Waals surface area contributed by atoms with Crippen LogP contribution < -0.4 is 5.73 Å². The maximum atomic E-state index is 6.09. The third-order valence-electron chi connectivity index (χ3n) is 2.69. The molecule has 0 aromatic carbocycles. The van der Waals surface area contributed by atoms with Crippen LogP contribution in [0, 0.1) is 6.92 Å². The number of aryl methyl sites for hydroxylation is 2. The molecule has 2 rings (SSSR count). The molecule has 1 fully saturated rings. The van der Waals surface area contributed by atoms with Crippen LogP contribution in [0.2, 0.25) is 5.15 Å². The first-order chi connectivity index (χ1) is 6.02. The molecule has 0 unspecified atom stereocenters. The molecule has 13 heavy (non-hydrogen) atoms. The summed E-state index contributed by atoms with van der Waals surface area (Å²) in [5, 5.41) is 4.98. The lowest BCUT2D eigenvalue weighted by atomic mass is 10.1. The Hall–Kier alpha value is -0.540. The highest BCUT2D eigenvalue weighted by molar-refractivity contribution is 6.30. The van der Waals surface area contributed by atoms with Crippen LogP contribution in [-0.2, 0) is 13.5 Å². The Balaban J connectivity index is 2.28. The summed E-state index contributed by atoms with van der Waals surface area (Å²) >= 11 is 6.09. The second-order valence-electron chi connectivity index (χ2n) is 4.02. The van der Waals surface area contributed by atoms with Crippen LogP contribution in [0.4, 0.5) is 0 Å². The van der Waals surface area contributed by atoms with Crippen molar-refractivity contribution >= 4 is 11.6 Å². The molecule has 1 aliphatic rings. The molecule has 0 aliphatic heterocycles. The van der Waals surface area contributed by atoms with Crippen LogP contribution in [0.15, 0.2) is 0 Å². The molecule has 72 valence electrons. The Kier molecular flexibility index (Phi) is 1.89. The Labute approximate surface area is 82.9 Å². The molecule has 0 saturated heterocycles. The molecule has 1 heterocycles. The minimum Gasteiger partial charge on any atom is -0.325 e. The van der Waals surface area contributed by atoms with Gasteiger partial charge in [0.2, 0.25) is 0 Å². The van der Waals surface area contributed by atoms with Crippen molar-refractivity contribution in [3.8, 4) is 0 Å². The maximum absolute atomic E-state index is 6.09. The van der Waals surface area contributed by atoms with Crippen molar-refractivity contribution in [1.82, 2.24) is 9.78 Å². The van der Waals surface area contributed by atoms with Crippen molar-refractivity contribution in [2.75, 3.05) is 0 Å². The summed E-state index contributed by atoms with van der Waals surface area (Å²) in [5.41, 5.74) is 8.16. The van der Waals surface area contributed by atoms with Crippen molar-refractivity contribution in [1.29, 1.82) is 0 Å². The van der Waals surface area contributed by atoms with Crippen molar-refractivity contribution in [2.24, 2.45) is 12.8 Å². The Morgan fingerprint density at radius 1 is 1.62 bits per heavy atom. The number of halogens is 1. The van der Waals surface area contributed by atoms with E-state index in [0.29, 0.717) is 0 Å². The molecule has 1 aliphatic carbocycles. The van der Waals surface area contributed by atoms with Gasteiger partial charge in [0.25, 0.3) is 0 Å². The lowest BCUT2D eigenvalue weighted by Crippen LogP contribution is -2.24. The predicted octanol–water partition coefficient (Wildman–Crippen LogP) is 1.42. The highest BCUT2D eigenvalue weighted by Gasteiger charge is 2.39. The van der Waals surface area contributed by atoms with E-state index in [2.05, 4.69) is 5.10 Å². The molecule has 0 atom stereocenters. The van der Waals surface area contributed by atoms with E-state index in [1.807, 2.05) is 14.0 Å². The lowest BCUT2D eigenvalue weighted by Gasteiger charge is -2.07. The van der Waals surface area contributed by atoms with Crippen LogP contribution in [0.5, 0.6) is 0 Å². The van der Waals surface area contributed by atoms with Gasteiger partial charge in [0, 0.05) is 18.2 Å². The fourth-order valence-electron chi connectivity index (χ4n) is 1.56. The molecule has 3 nitrogen and oxygen atoms in total. The topological polar surface area (TPSA) is 43.8 Å². The lowest BCUT2D eigenvalue weighted by molar-refractivity contribution is 0.669. The molecule has 0 bridgehead atoms. The minimum absolute atomic E-state index is 0.0113. The van der Waals surface area contributed by atoms with E-state index in [0.717, 1.165) is 35.7 Å². The highest BCUT2D eigenvalue weighted by atomic mass is 35.5. The first kappa shape index (κ1) is 9.03. The zero-order valence-corrected chi connectivity index (χ0v) is 8.73. The SMILES string of the molecule is Cc1nn(C)c(Cl)c1CC1(N)CC1. The van der Waals surface area contributed by atoms with Crippen molar-refractivity contribution in [3.05, 3.63) is 16.4 Å². The molecule has 0 radical (unpaired) electrons. The van der Waals surface area contributed by atoms with E-state index < -0.39 is 0 Å². The van der Waals surface area contributed by atoms with E-state index in [9.17, 15) is 0 Å². The van der Waals surface area contributed by atoms with E-state index in [4.69, 9.17) is 17.3 Å². The summed E-state index contributed by atoms with van der Waals surface area (Å²) in [6.07, 6.45) is 3.08. The van der Waals surface area contributed by atoms with Gasteiger partial charge in [-0.3, -0.25) is 4.68 Å². The Bertz CT molecular complexity index is 339. The fraction of sp³-hybridized carbons (Fsp3) is 0.667. The molecular formula is C9H14ClN3. The molecule has 4 heteroatoms. The zero-order chi connectivity index (χ0) is 9.64. The molecular weight excluding hydrogens is 186 g/mol. The quantitative estimate of drug-likeness (QED) is 0.783. The molecule has 1 aromatic heterocycles. The molecule has 0 amide bonds. The number of nitrogens with zero attached hydrogens (tertiary/aromatic N) is 2. The van der Waals surface area contributed by atoms with Crippen LogP contribution in [0.3, 0.4) is 0 Å².